The Bertz CT molecular complexity index is 1320. The zero-order valence-electron chi connectivity index (χ0n) is 24.9. The number of rotatable bonds is 14. The van der Waals surface area contributed by atoms with Crippen LogP contribution in [-0.4, -0.2) is 76.8 Å². The number of hydrogen-bond acceptors (Lipinski definition) is 9. The highest BCUT2D eigenvalue weighted by Crippen LogP contribution is 2.28. The van der Waals surface area contributed by atoms with Gasteiger partial charge in [0.25, 0.3) is 17.7 Å². The Morgan fingerprint density at radius 1 is 0.795 bits per heavy atom. The number of hydrogen-bond donors (Lipinski definition) is 3. The maximum atomic E-state index is 13.5. The number of carbonyl (C=O) groups excluding carboxylic acids is 4. The summed E-state index contributed by atoms with van der Waals surface area (Å²) in [6, 6.07) is 23.6. The van der Waals surface area contributed by atoms with E-state index in [-0.39, 0.29) is 48.7 Å². The number of carbonyl (C=O) groups is 4. The van der Waals surface area contributed by atoms with Crippen LogP contribution in [-0.2, 0) is 14.3 Å². The molecule has 1 heterocycles. The smallest absolute Gasteiger partial charge is 0.253 e. The van der Waals surface area contributed by atoms with E-state index in [1.54, 1.807) is 47.8 Å². The molecule has 44 heavy (non-hydrogen) atoms. The van der Waals surface area contributed by atoms with E-state index >= 15 is 0 Å². The first-order valence-electron chi connectivity index (χ1n) is 14.2. The van der Waals surface area contributed by atoms with Crippen LogP contribution in [0.15, 0.2) is 82.6 Å². The highest BCUT2D eigenvalue weighted by atomic mass is 32.2. The molecule has 0 radical (unpaired) electrons. The van der Waals surface area contributed by atoms with E-state index in [1.807, 2.05) is 0 Å². The first-order valence-corrected chi connectivity index (χ1v) is 16.2. The Hall–Kier alpha value is -3.48. The second kappa shape index (κ2) is 18.4. The number of thioether (sulfide) groups is 2. The summed E-state index contributed by atoms with van der Waals surface area (Å²) in [5.74, 6) is 0.0331. The van der Waals surface area contributed by atoms with Gasteiger partial charge in [-0.3, -0.25) is 24.4 Å². The zero-order chi connectivity index (χ0) is 31.9. The average molecular weight is 639 g/mol. The summed E-state index contributed by atoms with van der Waals surface area (Å²) in [5, 5.41) is 20.1. The van der Waals surface area contributed by atoms with E-state index in [1.165, 1.54) is 11.1 Å². The largest absolute Gasteiger partial charge is 0.394 e. The van der Waals surface area contributed by atoms with Crippen molar-refractivity contribution in [2.24, 2.45) is 5.92 Å². The number of ketones is 1. The Kier molecular flexibility index (Phi) is 14.6. The molecule has 3 aromatic rings. The fourth-order valence-corrected chi connectivity index (χ4v) is 6.09. The molecule has 0 atom stereocenters. The number of ether oxygens (including phenoxy) is 1. The van der Waals surface area contributed by atoms with Gasteiger partial charge in [0.2, 0.25) is 0 Å². The number of benzene rings is 3. The van der Waals surface area contributed by atoms with Crippen molar-refractivity contribution >= 4 is 47.0 Å². The molecule has 0 aliphatic carbocycles. The van der Waals surface area contributed by atoms with Crippen molar-refractivity contribution in [1.82, 2.24) is 10.4 Å². The molecule has 9 nitrogen and oxygen atoms in total. The van der Waals surface area contributed by atoms with Gasteiger partial charge < -0.3 is 15.2 Å². The molecule has 234 valence electrons. The van der Waals surface area contributed by atoms with Crippen molar-refractivity contribution in [2.75, 3.05) is 37.9 Å². The number of nitrogens with zero attached hydrogens (tertiary/aromatic N) is 1. The minimum absolute atomic E-state index is 0.0442. The molecular weight excluding hydrogens is 601 g/mol. The molecule has 3 amide bonds. The van der Waals surface area contributed by atoms with E-state index in [2.05, 4.69) is 67.7 Å². The number of nitrogens with one attached hydrogen (secondary N) is 1. The quantitative estimate of drug-likeness (QED) is 0.0738. The van der Waals surface area contributed by atoms with Crippen molar-refractivity contribution in [3.8, 4) is 0 Å². The van der Waals surface area contributed by atoms with Crippen LogP contribution in [0, 0.1) is 19.8 Å². The molecule has 0 unspecified atom stereocenters. The van der Waals surface area contributed by atoms with Gasteiger partial charge in [0, 0.05) is 57.7 Å². The zero-order valence-corrected chi connectivity index (χ0v) is 26.5. The number of imide groups is 1. The van der Waals surface area contributed by atoms with Crippen molar-refractivity contribution < 1.29 is 34.2 Å². The predicted molar refractivity (Wildman–Crippen MR) is 171 cm³/mol. The molecule has 0 saturated carbocycles. The Balaban J connectivity index is 0.000000572. The fraction of sp³-hybridized carbons (Fsp3) is 0.333. The van der Waals surface area contributed by atoms with Crippen LogP contribution < -0.4 is 5.32 Å². The highest BCUT2D eigenvalue weighted by Gasteiger charge is 2.27. The van der Waals surface area contributed by atoms with Crippen molar-refractivity contribution in [2.45, 2.75) is 36.5 Å². The Morgan fingerprint density at radius 3 is 1.70 bits per heavy atom. The number of aryl methyl sites for hydroxylation is 2. The lowest BCUT2D eigenvalue weighted by Crippen LogP contribution is -2.27. The molecule has 0 aromatic heterocycles. The third-order valence-electron chi connectivity index (χ3n) is 6.54. The lowest BCUT2D eigenvalue weighted by atomic mass is 9.99. The fourth-order valence-electron chi connectivity index (χ4n) is 3.95. The van der Waals surface area contributed by atoms with Crippen molar-refractivity contribution in [3.63, 3.8) is 0 Å². The van der Waals surface area contributed by atoms with Crippen LogP contribution in [0.3, 0.4) is 0 Å². The number of hydroxylamine groups is 2. The van der Waals surface area contributed by atoms with Crippen LogP contribution in [0.5, 0.6) is 0 Å². The van der Waals surface area contributed by atoms with Crippen LogP contribution in [0.4, 0.5) is 0 Å². The van der Waals surface area contributed by atoms with Gasteiger partial charge in [-0.05, 0) is 50.2 Å². The highest BCUT2D eigenvalue weighted by molar-refractivity contribution is 8.00. The monoisotopic (exact) mass is 638 g/mol. The van der Waals surface area contributed by atoms with E-state index in [4.69, 9.17) is 15.1 Å². The molecule has 3 aromatic carbocycles. The minimum Gasteiger partial charge on any atom is -0.394 e. The summed E-state index contributed by atoms with van der Waals surface area (Å²) in [6.45, 7) is 5.02. The van der Waals surface area contributed by atoms with Gasteiger partial charge in [0.1, 0.15) is 0 Å². The van der Waals surface area contributed by atoms with Gasteiger partial charge in [0.05, 0.1) is 19.8 Å². The van der Waals surface area contributed by atoms with Crippen LogP contribution in [0.25, 0.3) is 0 Å². The van der Waals surface area contributed by atoms with Gasteiger partial charge in [0.15, 0.2) is 5.78 Å². The molecule has 1 aliphatic rings. The van der Waals surface area contributed by atoms with Gasteiger partial charge in [-0.2, -0.15) is 5.06 Å². The van der Waals surface area contributed by atoms with Crippen LogP contribution in [0.1, 0.15) is 44.7 Å². The number of amides is 3. The standard InChI is InChI=1S/C29H33NO4S2.C4H5NO3/c1-21-3-11-26(12-4-21)35-19-25(20-36-27-13-5-22(2)6-14-27)28(32)23-7-9-24(10-8-23)29(33)30-15-17-34-18-16-31;6-3-1-2-4(7)5(3)8/h3-14,25,31H,15-20H2,1-2H3,(H,30,33);8H,1-2H2. The van der Waals surface area contributed by atoms with Gasteiger partial charge in [-0.15, -0.1) is 23.5 Å². The maximum absolute atomic E-state index is 13.5. The van der Waals surface area contributed by atoms with E-state index in [0.29, 0.717) is 35.8 Å². The third-order valence-corrected chi connectivity index (χ3v) is 8.89. The van der Waals surface area contributed by atoms with Crippen molar-refractivity contribution in [1.29, 1.82) is 0 Å². The molecule has 0 bridgehead atoms. The summed E-state index contributed by atoms with van der Waals surface area (Å²) in [5.41, 5.74) is 3.53. The second-order valence-electron chi connectivity index (χ2n) is 10.1. The maximum Gasteiger partial charge on any atom is 0.253 e. The molecule has 1 fully saturated rings. The lowest BCUT2D eigenvalue weighted by Gasteiger charge is -2.16. The Morgan fingerprint density at radius 2 is 1.27 bits per heavy atom. The normalized spacial score (nSPS) is 12.7. The molecule has 0 spiro atoms. The van der Waals surface area contributed by atoms with Gasteiger partial charge >= 0.3 is 0 Å². The molecule has 3 N–H and O–H groups in total. The van der Waals surface area contributed by atoms with Gasteiger partial charge in [-0.25, -0.2) is 0 Å². The summed E-state index contributed by atoms with van der Waals surface area (Å²) in [6.07, 6.45) is 0.296. The first-order chi connectivity index (χ1) is 21.2. The third kappa shape index (κ3) is 11.5. The molecule has 1 saturated heterocycles. The van der Waals surface area contributed by atoms with Crippen LogP contribution in [0.2, 0.25) is 0 Å². The molecule has 11 heteroatoms. The molecular formula is C33H38N2O7S2. The first kappa shape index (κ1) is 35.0. The van der Waals surface area contributed by atoms with E-state index in [0.717, 1.165) is 9.79 Å². The topological polar surface area (TPSA) is 133 Å². The summed E-state index contributed by atoms with van der Waals surface area (Å²) >= 11 is 3.39. The number of aliphatic hydroxyl groups excluding tert-OH is 1. The van der Waals surface area contributed by atoms with E-state index < -0.39 is 11.8 Å². The van der Waals surface area contributed by atoms with E-state index in [9.17, 15) is 19.2 Å². The summed E-state index contributed by atoms with van der Waals surface area (Å²) < 4.78 is 5.15. The lowest BCUT2D eigenvalue weighted by molar-refractivity contribution is -0.171. The number of aliphatic hydroxyl groups is 1. The second-order valence-corrected chi connectivity index (χ2v) is 12.3. The Labute approximate surface area is 266 Å². The average Bonchev–Trinajstić information content (AvgIpc) is 3.33. The SMILES string of the molecule is Cc1ccc(SCC(CSc2ccc(C)cc2)C(=O)c2ccc(C(=O)NCCOCCO)cc2)cc1.O=C1CCC(=O)N1O. The predicted octanol–water partition coefficient (Wildman–Crippen LogP) is 4.95. The number of Topliss-reactive ketones (excluding diaryl/α,β-unsaturated/α-hetero) is 1. The minimum atomic E-state index is -0.505. The van der Waals surface area contributed by atoms with Crippen LogP contribution >= 0.6 is 23.5 Å². The van der Waals surface area contributed by atoms with Gasteiger partial charge in [-0.1, -0.05) is 47.5 Å². The summed E-state index contributed by atoms with van der Waals surface area (Å²) in [4.78, 5) is 48.6. The summed E-state index contributed by atoms with van der Waals surface area (Å²) in [7, 11) is 0. The molecule has 4 rings (SSSR count). The molecule has 1 aliphatic heterocycles. The van der Waals surface area contributed by atoms with Crippen molar-refractivity contribution in [3.05, 3.63) is 95.1 Å².